The van der Waals surface area contributed by atoms with Crippen LogP contribution in [0.25, 0.3) is 0 Å². The molecule has 0 aliphatic heterocycles. The Hall–Kier alpha value is -2.69. The molecule has 3 unspecified atom stereocenters. The third-order valence-corrected chi connectivity index (χ3v) is 9.43. The number of ether oxygens (including phenoxy) is 1. The predicted molar refractivity (Wildman–Crippen MR) is 191 cm³/mol. The van der Waals surface area contributed by atoms with Crippen LogP contribution in [-0.4, -0.2) is 118 Å². The Labute approximate surface area is 291 Å². The number of carbonyl (C=O) groups excluding carboxylic acids is 5. The van der Waals surface area contributed by atoms with Gasteiger partial charge in [0.15, 0.2) is 0 Å². The predicted octanol–water partition coefficient (Wildman–Crippen LogP) is 5.15. The summed E-state index contributed by atoms with van der Waals surface area (Å²) < 4.78 is 5.89. The Bertz CT molecular complexity index is 1000. The number of carbonyl (C=O) groups is 5. The van der Waals surface area contributed by atoms with Crippen molar-refractivity contribution in [2.45, 2.75) is 176 Å². The third-order valence-electron chi connectivity index (χ3n) is 9.43. The fourth-order valence-electron chi connectivity index (χ4n) is 6.51. The van der Waals surface area contributed by atoms with Gasteiger partial charge >= 0.3 is 5.97 Å². The molecule has 0 aromatic rings. The van der Waals surface area contributed by atoms with E-state index in [1.807, 2.05) is 41.5 Å². The lowest BCUT2D eigenvalue weighted by Crippen LogP contribution is -2.60. The quantitative estimate of drug-likeness (QED) is 0.132. The first-order chi connectivity index (χ1) is 22.8. The van der Waals surface area contributed by atoms with Crippen LogP contribution >= 0.6 is 0 Å². The van der Waals surface area contributed by atoms with E-state index in [4.69, 9.17) is 4.74 Å². The standard InChI is InChI=1S/C37H69N5O6/c1-11-22-38-27(6)33(43)39(23-12-2)28(7)34(44)40(24-13-3)29(8)35(45)41(25-14-4)30(9)36(46)42(26-15-5)31(10)37(47)48-32-20-18-16-17-19-21-32/h27-32,38H,11-26H2,1-10H3/t27?,28-,29?,30-,31?/m1/s1. The maximum atomic E-state index is 14.2. The number of rotatable bonds is 21. The molecule has 11 heteroatoms. The zero-order valence-electron chi connectivity index (χ0n) is 32.0. The van der Waals surface area contributed by atoms with Gasteiger partial charge in [0.25, 0.3) is 0 Å². The number of amides is 4. The van der Waals surface area contributed by atoms with Crippen molar-refractivity contribution in [2.24, 2.45) is 0 Å². The average molecular weight is 680 g/mol. The summed E-state index contributed by atoms with van der Waals surface area (Å²) in [5.41, 5.74) is 0. The Morgan fingerprint density at radius 1 is 0.542 bits per heavy atom. The molecular weight excluding hydrogens is 610 g/mol. The molecule has 4 amide bonds. The maximum Gasteiger partial charge on any atom is 0.328 e. The summed E-state index contributed by atoms with van der Waals surface area (Å²) in [4.78, 5) is 75.3. The summed E-state index contributed by atoms with van der Waals surface area (Å²) in [6.07, 6.45) is 9.39. The van der Waals surface area contributed by atoms with Crippen molar-refractivity contribution in [3.63, 3.8) is 0 Å². The van der Waals surface area contributed by atoms with Gasteiger partial charge in [-0.2, -0.15) is 0 Å². The van der Waals surface area contributed by atoms with Gasteiger partial charge in [-0.05, 0) is 99.0 Å². The number of nitrogens with one attached hydrogen (secondary N) is 1. The van der Waals surface area contributed by atoms with E-state index in [2.05, 4.69) is 5.32 Å². The summed E-state index contributed by atoms with van der Waals surface area (Å²) in [5, 5.41) is 3.23. The fraction of sp³-hybridized carbons (Fsp3) is 0.865. The zero-order chi connectivity index (χ0) is 36.4. The molecule has 1 N–H and O–H groups in total. The lowest BCUT2D eigenvalue weighted by molar-refractivity contribution is -0.162. The topological polar surface area (TPSA) is 120 Å². The summed E-state index contributed by atoms with van der Waals surface area (Å²) in [7, 11) is 0. The first-order valence-corrected chi connectivity index (χ1v) is 19.0. The van der Waals surface area contributed by atoms with Crippen molar-refractivity contribution < 1.29 is 28.7 Å². The minimum absolute atomic E-state index is 0.124. The molecule has 0 spiro atoms. The second kappa shape index (κ2) is 22.9. The van der Waals surface area contributed by atoms with Gasteiger partial charge in [-0.1, -0.05) is 47.5 Å². The first kappa shape index (κ1) is 43.3. The van der Waals surface area contributed by atoms with Crippen molar-refractivity contribution in [1.29, 1.82) is 0 Å². The summed E-state index contributed by atoms with van der Waals surface area (Å²) in [5.74, 6) is -1.48. The Kier molecular flexibility index (Phi) is 20.6. The Morgan fingerprint density at radius 2 is 0.896 bits per heavy atom. The van der Waals surface area contributed by atoms with Crippen LogP contribution in [0.5, 0.6) is 0 Å². The van der Waals surface area contributed by atoms with E-state index in [1.165, 1.54) is 0 Å². The summed E-state index contributed by atoms with van der Waals surface area (Å²) in [6.45, 7) is 20.6. The van der Waals surface area contributed by atoms with Crippen LogP contribution in [0.2, 0.25) is 0 Å². The van der Waals surface area contributed by atoms with E-state index in [0.29, 0.717) is 58.4 Å². The molecule has 1 rings (SSSR count). The number of esters is 1. The first-order valence-electron chi connectivity index (χ1n) is 19.0. The molecule has 0 aromatic carbocycles. The molecule has 1 aliphatic rings. The number of hydrogen-bond acceptors (Lipinski definition) is 7. The smallest absolute Gasteiger partial charge is 0.328 e. The van der Waals surface area contributed by atoms with Crippen LogP contribution in [-0.2, 0) is 28.7 Å². The van der Waals surface area contributed by atoms with E-state index in [0.717, 1.165) is 44.9 Å². The molecule has 5 atom stereocenters. The SMILES string of the molecule is CCCNC(C)C(=O)N(CCC)[C@H](C)C(=O)N(CCC)C(C)C(=O)N(CCC)[C@H](C)C(=O)N(CCC)C(C)C(=O)OC1CCCCCC1. The number of nitrogens with zero attached hydrogens (tertiary/aromatic N) is 4. The van der Waals surface area contributed by atoms with Gasteiger partial charge < -0.3 is 29.7 Å². The monoisotopic (exact) mass is 680 g/mol. The highest BCUT2D eigenvalue weighted by Gasteiger charge is 2.39. The van der Waals surface area contributed by atoms with Gasteiger partial charge in [-0.25, -0.2) is 4.79 Å². The van der Waals surface area contributed by atoms with Gasteiger partial charge in [-0.3, -0.25) is 19.2 Å². The van der Waals surface area contributed by atoms with Crippen LogP contribution in [0, 0.1) is 0 Å². The lowest BCUT2D eigenvalue weighted by Gasteiger charge is -2.40. The van der Waals surface area contributed by atoms with Crippen molar-refractivity contribution in [3.8, 4) is 0 Å². The van der Waals surface area contributed by atoms with Gasteiger partial charge in [0, 0.05) is 26.2 Å². The molecule has 11 nitrogen and oxygen atoms in total. The second-order valence-corrected chi connectivity index (χ2v) is 13.6. The van der Waals surface area contributed by atoms with E-state index in [1.54, 1.807) is 47.3 Å². The molecule has 1 aliphatic carbocycles. The largest absolute Gasteiger partial charge is 0.461 e. The van der Waals surface area contributed by atoms with Crippen LogP contribution in [0.1, 0.15) is 140 Å². The molecule has 0 aromatic heterocycles. The molecule has 1 fully saturated rings. The van der Waals surface area contributed by atoms with Gasteiger partial charge in [0.1, 0.15) is 30.3 Å². The van der Waals surface area contributed by atoms with E-state index >= 15 is 0 Å². The van der Waals surface area contributed by atoms with E-state index in [-0.39, 0.29) is 29.7 Å². The zero-order valence-corrected chi connectivity index (χ0v) is 32.0. The van der Waals surface area contributed by atoms with Gasteiger partial charge in [-0.15, -0.1) is 0 Å². The minimum atomic E-state index is -0.854. The second-order valence-electron chi connectivity index (χ2n) is 13.6. The highest BCUT2D eigenvalue weighted by Crippen LogP contribution is 2.22. The molecule has 278 valence electrons. The van der Waals surface area contributed by atoms with Gasteiger partial charge in [0.05, 0.1) is 6.04 Å². The Morgan fingerprint density at radius 3 is 1.25 bits per heavy atom. The highest BCUT2D eigenvalue weighted by molar-refractivity contribution is 5.95. The summed E-state index contributed by atoms with van der Waals surface area (Å²) >= 11 is 0. The highest BCUT2D eigenvalue weighted by atomic mass is 16.5. The molecular formula is C37H69N5O6. The van der Waals surface area contributed by atoms with Crippen LogP contribution in [0.3, 0.4) is 0 Å². The number of hydrogen-bond donors (Lipinski definition) is 1. The van der Waals surface area contributed by atoms with E-state index < -0.39 is 36.2 Å². The molecule has 0 bridgehead atoms. The molecule has 0 radical (unpaired) electrons. The van der Waals surface area contributed by atoms with Gasteiger partial charge in [0.2, 0.25) is 23.6 Å². The Balaban J connectivity index is 3.25. The molecule has 0 saturated heterocycles. The van der Waals surface area contributed by atoms with Crippen molar-refractivity contribution >= 4 is 29.6 Å². The van der Waals surface area contributed by atoms with Crippen LogP contribution < -0.4 is 5.32 Å². The average Bonchev–Trinajstić information content (AvgIpc) is 3.35. The lowest BCUT2D eigenvalue weighted by atomic mass is 10.1. The third kappa shape index (κ3) is 12.6. The fourth-order valence-corrected chi connectivity index (χ4v) is 6.51. The normalized spacial score (nSPS) is 16.9. The van der Waals surface area contributed by atoms with Crippen molar-refractivity contribution in [3.05, 3.63) is 0 Å². The van der Waals surface area contributed by atoms with Crippen LogP contribution in [0.4, 0.5) is 0 Å². The van der Waals surface area contributed by atoms with Crippen LogP contribution in [0.15, 0.2) is 0 Å². The summed E-state index contributed by atoms with van der Waals surface area (Å²) in [6, 6.07) is -3.68. The van der Waals surface area contributed by atoms with E-state index in [9.17, 15) is 24.0 Å². The van der Waals surface area contributed by atoms with Crippen molar-refractivity contribution in [2.75, 3.05) is 32.7 Å². The molecule has 1 saturated carbocycles. The maximum absolute atomic E-state index is 14.2. The minimum Gasteiger partial charge on any atom is -0.461 e. The molecule has 0 heterocycles. The van der Waals surface area contributed by atoms with Crippen molar-refractivity contribution in [1.82, 2.24) is 24.9 Å². The molecule has 48 heavy (non-hydrogen) atoms.